The molecule has 164 valence electrons. The van der Waals surface area contributed by atoms with Crippen molar-refractivity contribution in [3.05, 3.63) is 35.9 Å². The molecule has 3 unspecified atom stereocenters. The first kappa shape index (κ1) is 20.3. The molecule has 5 atom stereocenters. The first-order chi connectivity index (χ1) is 14.6. The third-order valence-corrected chi connectivity index (χ3v) is 7.62. The molecule has 4 aliphatic rings. The Kier molecular flexibility index (Phi) is 5.07. The lowest BCUT2D eigenvalue weighted by molar-refractivity contribution is -0.206. The third-order valence-electron chi connectivity index (χ3n) is 7.62. The summed E-state index contributed by atoms with van der Waals surface area (Å²) < 4.78 is 22.8. The zero-order chi connectivity index (χ0) is 20.9. The zero-order valence-electron chi connectivity index (χ0n) is 17.5. The smallest absolute Gasteiger partial charge is 0.189 e. The van der Waals surface area contributed by atoms with Crippen molar-refractivity contribution in [2.75, 3.05) is 40.2 Å². The Morgan fingerprint density at radius 1 is 1.33 bits per heavy atom. The Morgan fingerprint density at radius 2 is 2.20 bits per heavy atom. The van der Waals surface area contributed by atoms with Gasteiger partial charge in [-0.15, -0.1) is 6.58 Å². The summed E-state index contributed by atoms with van der Waals surface area (Å²) in [6.07, 6.45) is 3.42. The van der Waals surface area contributed by atoms with Crippen molar-refractivity contribution in [1.82, 2.24) is 4.90 Å². The number of aliphatic hydroxyl groups excluding tert-OH is 1. The second-order valence-electron chi connectivity index (χ2n) is 8.88. The van der Waals surface area contributed by atoms with E-state index in [2.05, 4.69) is 17.5 Å². The average Bonchev–Trinajstić information content (AvgIpc) is 3.09. The Morgan fingerprint density at radius 3 is 3.00 bits per heavy atom. The van der Waals surface area contributed by atoms with Gasteiger partial charge in [-0.3, -0.25) is 4.90 Å². The van der Waals surface area contributed by atoms with Crippen LogP contribution in [0, 0.1) is 0 Å². The number of aliphatic hydroxyl groups is 2. The molecular formula is C23H31NO6. The van der Waals surface area contributed by atoms with E-state index in [4.69, 9.17) is 18.9 Å². The number of ether oxygens (including phenoxy) is 4. The van der Waals surface area contributed by atoms with Crippen LogP contribution in [0.4, 0.5) is 0 Å². The molecule has 0 aromatic heterocycles. The number of rotatable bonds is 8. The summed E-state index contributed by atoms with van der Waals surface area (Å²) in [5.74, 6) is 1.28. The van der Waals surface area contributed by atoms with Gasteiger partial charge in [-0.25, -0.2) is 0 Å². The monoisotopic (exact) mass is 417 g/mol. The molecule has 1 saturated carbocycles. The number of hydrogen-bond acceptors (Lipinski definition) is 7. The number of piperidine rings is 1. The fraction of sp³-hybridized carbons (Fsp3) is 0.652. The molecular weight excluding hydrogens is 386 g/mol. The van der Waals surface area contributed by atoms with Gasteiger partial charge in [-0.2, -0.15) is 0 Å². The topological polar surface area (TPSA) is 80.6 Å². The van der Waals surface area contributed by atoms with Crippen LogP contribution in [0.3, 0.4) is 0 Å². The zero-order valence-corrected chi connectivity index (χ0v) is 17.5. The van der Waals surface area contributed by atoms with Gasteiger partial charge in [0.2, 0.25) is 0 Å². The second kappa shape index (κ2) is 7.50. The highest BCUT2D eigenvalue weighted by Crippen LogP contribution is 2.65. The maximum atomic E-state index is 12.1. The van der Waals surface area contributed by atoms with Gasteiger partial charge in [0.05, 0.1) is 30.3 Å². The molecule has 0 radical (unpaired) electrons. The average molecular weight is 418 g/mol. The summed E-state index contributed by atoms with van der Waals surface area (Å²) in [5, 5.41) is 23.0. The van der Waals surface area contributed by atoms with Gasteiger partial charge >= 0.3 is 0 Å². The first-order valence-electron chi connectivity index (χ1n) is 10.8. The summed E-state index contributed by atoms with van der Waals surface area (Å²) in [6.45, 7) is 6.54. The minimum atomic E-state index is -0.940. The van der Waals surface area contributed by atoms with Crippen LogP contribution in [0.25, 0.3) is 0 Å². The minimum absolute atomic E-state index is 0.00885. The summed E-state index contributed by atoms with van der Waals surface area (Å²) in [6, 6.07) is 4.00. The quantitative estimate of drug-likeness (QED) is 0.376. The number of likely N-dealkylation sites (tertiary alicyclic amines) is 1. The van der Waals surface area contributed by atoms with Crippen molar-refractivity contribution in [3.63, 3.8) is 0 Å². The van der Waals surface area contributed by atoms with Gasteiger partial charge < -0.3 is 29.2 Å². The lowest BCUT2D eigenvalue weighted by Crippen LogP contribution is -2.77. The van der Waals surface area contributed by atoms with Gasteiger partial charge in [0, 0.05) is 25.3 Å². The molecule has 2 aliphatic carbocycles. The highest BCUT2D eigenvalue weighted by atomic mass is 16.7. The maximum Gasteiger partial charge on any atom is 0.189 e. The molecule has 5 rings (SSSR count). The standard InChI is InChI=1S/C23H31NO6/c1-3-9-24-10-8-22-19-15-4-5-17(29-14-28-12-11-27-2)20(19)30-21(22)16(25)6-7-23(22,26)18(24)13-15/h3-5,16,18,21,25-26H,1,6-14H2,2H3/t16?,18?,21?,22-,23+/m0/s1. The van der Waals surface area contributed by atoms with Gasteiger partial charge in [-0.1, -0.05) is 12.1 Å². The van der Waals surface area contributed by atoms with Gasteiger partial charge in [0.15, 0.2) is 18.3 Å². The van der Waals surface area contributed by atoms with E-state index in [1.165, 1.54) is 5.56 Å². The number of nitrogens with zero attached hydrogens (tertiary/aromatic N) is 1. The molecule has 2 aliphatic heterocycles. The van der Waals surface area contributed by atoms with E-state index in [0.29, 0.717) is 37.6 Å². The maximum absolute atomic E-state index is 12.1. The van der Waals surface area contributed by atoms with Crippen LogP contribution < -0.4 is 9.47 Å². The fourth-order valence-corrected chi connectivity index (χ4v) is 6.40. The van der Waals surface area contributed by atoms with Crippen LogP contribution >= 0.6 is 0 Å². The van der Waals surface area contributed by atoms with E-state index in [-0.39, 0.29) is 12.8 Å². The van der Waals surface area contributed by atoms with E-state index in [1.54, 1.807) is 7.11 Å². The molecule has 1 spiro atoms. The minimum Gasteiger partial charge on any atom is -0.482 e. The third kappa shape index (κ3) is 2.63. The number of benzene rings is 1. The Labute approximate surface area is 177 Å². The predicted molar refractivity (Wildman–Crippen MR) is 110 cm³/mol. The predicted octanol–water partition coefficient (Wildman–Crippen LogP) is 1.39. The number of hydrogen-bond donors (Lipinski definition) is 2. The fourth-order valence-electron chi connectivity index (χ4n) is 6.40. The van der Waals surface area contributed by atoms with E-state index < -0.39 is 23.2 Å². The molecule has 7 nitrogen and oxygen atoms in total. The lowest BCUT2D eigenvalue weighted by Gasteiger charge is -2.63. The van der Waals surface area contributed by atoms with E-state index >= 15 is 0 Å². The molecule has 0 amide bonds. The van der Waals surface area contributed by atoms with Crippen molar-refractivity contribution in [1.29, 1.82) is 0 Å². The normalized spacial score (nSPS) is 36.2. The molecule has 2 fully saturated rings. The van der Waals surface area contributed by atoms with Crippen LogP contribution in [-0.2, 0) is 21.3 Å². The summed E-state index contributed by atoms with van der Waals surface area (Å²) in [7, 11) is 1.63. The van der Waals surface area contributed by atoms with Gasteiger partial charge in [0.25, 0.3) is 0 Å². The molecule has 1 saturated heterocycles. The van der Waals surface area contributed by atoms with Crippen molar-refractivity contribution >= 4 is 0 Å². The van der Waals surface area contributed by atoms with Crippen LogP contribution in [0.1, 0.15) is 30.4 Å². The Balaban J connectivity index is 1.54. The van der Waals surface area contributed by atoms with Crippen molar-refractivity contribution < 1.29 is 29.2 Å². The summed E-state index contributed by atoms with van der Waals surface area (Å²) >= 11 is 0. The van der Waals surface area contributed by atoms with E-state index in [0.717, 1.165) is 31.5 Å². The largest absolute Gasteiger partial charge is 0.482 e. The molecule has 7 heteroatoms. The van der Waals surface area contributed by atoms with E-state index in [1.807, 2.05) is 12.1 Å². The van der Waals surface area contributed by atoms with Gasteiger partial charge in [0.1, 0.15) is 6.10 Å². The van der Waals surface area contributed by atoms with Crippen molar-refractivity contribution in [2.45, 2.75) is 54.9 Å². The van der Waals surface area contributed by atoms with Crippen molar-refractivity contribution in [2.24, 2.45) is 0 Å². The SMILES string of the molecule is C=CCN1CC[C@]23c4c5ccc(OCOCCOC)c4OC2C(O)CC[C@@]3(O)C1C5. The molecule has 30 heavy (non-hydrogen) atoms. The first-order valence-corrected chi connectivity index (χ1v) is 10.8. The van der Waals surface area contributed by atoms with Crippen LogP contribution in [-0.4, -0.2) is 79.2 Å². The summed E-state index contributed by atoms with van der Waals surface area (Å²) in [5.41, 5.74) is 0.672. The highest BCUT2D eigenvalue weighted by molar-refractivity contribution is 5.63. The Bertz CT molecular complexity index is 830. The van der Waals surface area contributed by atoms with Crippen LogP contribution in [0.2, 0.25) is 0 Å². The Hall–Kier alpha value is -1.64. The van der Waals surface area contributed by atoms with E-state index in [9.17, 15) is 10.2 Å². The van der Waals surface area contributed by atoms with Crippen LogP contribution in [0.15, 0.2) is 24.8 Å². The second-order valence-corrected chi connectivity index (χ2v) is 8.88. The highest BCUT2D eigenvalue weighted by Gasteiger charge is 2.72. The lowest BCUT2D eigenvalue weighted by atomic mass is 9.48. The molecule has 2 N–H and O–H groups in total. The summed E-state index contributed by atoms with van der Waals surface area (Å²) in [4.78, 5) is 2.34. The van der Waals surface area contributed by atoms with Gasteiger partial charge in [-0.05, 0) is 43.9 Å². The molecule has 1 aromatic carbocycles. The van der Waals surface area contributed by atoms with Crippen molar-refractivity contribution in [3.8, 4) is 11.5 Å². The molecule has 2 bridgehead atoms. The molecule has 1 aromatic rings. The number of methoxy groups -OCH3 is 1. The molecule has 2 heterocycles. The van der Waals surface area contributed by atoms with Crippen LogP contribution in [0.5, 0.6) is 11.5 Å².